The van der Waals surface area contributed by atoms with Crippen molar-refractivity contribution in [3.05, 3.63) is 16.9 Å². The Morgan fingerprint density at radius 1 is 1.53 bits per heavy atom. The summed E-state index contributed by atoms with van der Waals surface area (Å²) in [6.45, 7) is 2.11. The molecule has 5 heteroatoms. The van der Waals surface area contributed by atoms with Gasteiger partial charge >= 0.3 is 0 Å². The number of likely N-dealkylation sites (N-methyl/N-ethyl adjacent to an activating group) is 1. The Bertz CT molecular complexity index is 308. The van der Waals surface area contributed by atoms with Crippen LogP contribution < -0.4 is 10.2 Å². The van der Waals surface area contributed by atoms with Crippen LogP contribution in [0.3, 0.4) is 0 Å². The molecule has 82 valence electrons. The third-order valence-corrected chi connectivity index (χ3v) is 3.01. The molecule has 0 aliphatic carbocycles. The molecule has 1 aromatic rings. The van der Waals surface area contributed by atoms with Crippen LogP contribution in [0.25, 0.3) is 0 Å². The summed E-state index contributed by atoms with van der Waals surface area (Å²) in [5, 5.41) is 3.46. The Balaban J connectivity index is 1.94. The average Bonchev–Trinajstić information content (AvgIpc) is 2.71. The molecule has 0 bridgehead atoms. The molecule has 2 heterocycles. The van der Waals surface area contributed by atoms with Crippen LogP contribution in [0, 0.1) is 0 Å². The maximum atomic E-state index is 4.26. The van der Waals surface area contributed by atoms with E-state index >= 15 is 0 Å². The predicted octanol–water partition coefficient (Wildman–Crippen LogP) is 1.43. The molecule has 0 spiro atoms. The highest BCUT2D eigenvalue weighted by Gasteiger charge is 2.16. The number of anilines is 1. The van der Waals surface area contributed by atoms with E-state index in [9.17, 15) is 0 Å². The van der Waals surface area contributed by atoms with Gasteiger partial charge < -0.3 is 10.2 Å². The van der Waals surface area contributed by atoms with Crippen molar-refractivity contribution in [2.75, 3.05) is 25.0 Å². The smallest absolute Gasteiger partial charge is 0.225 e. The van der Waals surface area contributed by atoms with E-state index in [0.29, 0.717) is 6.04 Å². The molecule has 15 heavy (non-hydrogen) atoms. The maximum Gasteiger partial charge on any atom is 0.225 e. The Labute approximate surface area is 98.2 Å². The summed E-state index contributed by atoms with van der Waals surface area (Å²) in [7, 11) is 2.03. The molecule has 4 nitrogen and oxygen atoms in total. The van der Waals surface area contributed by atoms with Crippen molar-refractivity contribution >= 4 is 21.9 Å². The van der Waals surface area contributed by atoms with Crippen molar-refractivity contribution < 1.29 is 0 Å². The number of halogens is 1. The lowest BCUT2D eigenvalue weighted by molar-refractivity contribution is 0.594. The molecule has 2 rings (SSSR count). The van der Waals surface area contributed by atoms with Gasteiger partial charge in [-0.25, -0.2) is 9.97 Å². The second-order valence-corrected chi connectivity index (χ2v) is 4.79. The molecular formula is C10H15BrN4. The first-order valence-corrected chi connectivity index (χ1v) is 5.97. The fraction of sp³-hybridized carbons (Fsp3) is 0.600. The number of rotatable bonds is 3. The third kappa shape index (κ3) is 2.89. The minimum Gasteiger partial charge on any atom is -0.342 e. The lowest BCUT2D eigenvalue weighted by Crippen LogP contribution is -2.36. The summed E-state index contributed by atoms with van der Waals surface area (Å²) < 4.78 is 0.915. The zero-order valence-corrected chi connectivity index (χ0v) is 10.4. The van der Waals surface area contributed by atoms with E-state index in [0.717, 1.165) is 23.5 Å². The van der Waals surface area contributed by atoms with Gasteiger partial charge in [0.15, 0.2) is 0 Å². The molecule has 0 aromatic carbocycles. The molecule has 0 radical (unpaired) electrons. The van der Waals surface area contributed by atoms with Gasteiger partial charge in [0.1, 0.15) is 0 Å². The minimum atomic E-state index is 0.585. The molecule has 1 fully saturated rings. The first-order chi connectivity index (χ1) is 7.25. The Morgan fingerprint density at radius 3 is 2.87 bits per heavy atom. The number of nitrogens with zero attached hydrogens (tertiary/aromatic N) is 3. The molecule has 1 aromatic heterocycles. The molecule has 1 aliphatic heterocycles. The lowest BCUT2D eigenvalue weighted by atomic mass is 10.2. The van der Waals surface area contributed by atoms with E-state index in [1.807, 2.05) is 7.05 Å². The second kappa shape index (κ2) is 4.90. The molecule has 0 saturated carbocycles. The van der Waals surface area contributed by atoms with Crippen LogP contribution in [-0.4, -0.2) is 36.1 Å². The molecule has 1 unspecified atom stereocenters. The second-order valence-electron chi connectivity index (χ2n) is 3.88. The average molecular weight is 271 g/mol. The van der Waals surface area contributed by atoms with Crippen LogP contribution in [0.1, 0.15) is 12.8 Å². The van der Waals surface area contributed by atoms with E-state index in [1.165, 1.54) is 12.8 Å². The van der Waals surface area contributed by atoms with Crippen LogP contribution in [0.5, 0.6) is 0 Å². The number of hydrogen-bond donors (Lipinski definition) is 1. The van der Waals surface area contributed by atoms with Crippen LogP contribution in [0.4, 0.5) is 5.95 Å². The van der Waals surface area contributed by atoms with Gasteiger partial charge in [-0.15, -0.1) is 0 Å². The maximum absolute atomic E-state index is 4.26. The van der Waals surface area contributed by atoms with Crippen molar-refractivity contribution in [2.24, 2.45) is 0 Å². The fourth-order valence-electron chi connectivity index (χ4n) is 1.83. The summed E-state index contributed by atoms with van der Waals surface area (Å²) in [4.78, 5) is 10.6. The molecule has 0 amide bonds. The van der Waals surface area contributed by atoms with Crippen molar-refractivity contribution in [3.63, 3.8) is 0 Å². The van der Waals surface area contributed by atoms with E-state index < -0.39 is 0 Å². The summed E-state index contributed by atoms with van der Waals surface area (Å²) in [5.74, 6) is 0.784. The zero-order valence-electron chi connectivity index (χ0n) is 8.78. The van der Waals surface area contributed by atoms with E-state index in [-0.39, 0.29) is 0 Å². The van der Waals surface area contributed by atoms with Gasteiger partial charge in [0.2, 0.25) is 5.95 Å². The molecule has 1 atom stereocenters. The first kappa shape index (κ1) is 10.8. The first-order valence-electron chi connectivity index (χ1n) is 5.18. The van der Waals surface area contributed by atoms with Crippen molar-refractivity contribution in [1.82, 2.24) is 15.3 Å². The van der Waals surface area contributed by atoms with Crippen molar-refractivity contribution in [3.8, 4) is 0 Å². The quantitative estimate of drug-likeness (QED) is 0.903. The van der Waals surface area contributed by atoms with Gasteiger partial charge in [-0.2, -0.15) is 0 Å². The SMILES string of the molecule is CN(CC1CCCN1)c1ncc(Br)cn1. The Morgan fingerprint density at radius 2 is 2.27 bits per heavy atom. The molecule has 1 N–H and O–H groups in total. The van der Waals surface area contributed by atoms with Gasteiger partial charge in [0.25, 0.3) is 0 Å². The standard InChI is InChI=1S/C10H15BrN4/c1-15(7-9-3-2-4-12-9)10-13-5-8(11)6-14-10/h5-6,9,12H,2-4,7H2,1H3. The highest BCUT2D eigenvalue weighted by Crippen LogP contribution is 2.12. The number of hydrogen-bond acceptors (Lipinski definition) is 4. The monoisotopic (exact) mass is 270 g/mol. The normalized spacial score (nSPS) is 20.5. The minimum absolute atomic E-state index is 0.585. The molecule has 1 saturated heterocycles. The summed E-state index contributed by atoms with van der Waals surface area (Å²) in [6, 6.07) is 0.585. The lowest BCUT2D eigenvalue weighted by Gasteiger charge is -2.20. The topological polar surface area (TPSA) is 41.0 Å². The van der Waals surface area contributed by atoms with Crippen LogP contribution >= 0.6 is 15.9 Å². The van der Waals surface area contributed by atoms with Crippen molar-refractivity contribution in [2.45, 2.75) is 18.9 Å². The predicted molar refractivity (Wildman–Crippen MR) is 64.0 cm³/mol. The summed E-state index contributed by atoms with van der Waals surface area (Å²) in [6.07, 6.45) is 6.09. The molecule has 1 aliphatic rings. The summed E-state index contributed by atoms with van der Waals surface area (Å²) >= 11 is 3.33. The van der Waals surface area contributed by atoms with Gasteiger partial charge in [0.05, 0.1) is 4.47 Å². The van der Waals surface area contributed by atoms with E-state index in [4.69, 9.17) is 0 Å². The zero-order chi connectivity index (χ0) is 10.7. The van der Waals surface area contributed by atoms with Crippen LogP contribution in [-0.2, 0) is 0 Å². The van der Waals surface area contributed by atoms with E-state index in [1.54, 1.807) is 12.4 Å². The van der Waals surface area contributed by atoms with Crippen LogP contribution in [0.2, 0.25) is 0 Å². The number of aromatic nitrogens is 2. The highest BCUT2D eigenvalue weighted by atomic mass is 79.9. The Kier molecular flexibility index (Phi) is 3.53. The Hall–Kier alpha value is -0.680. The molecular weight excluding hydrogens is 256 g/mol. The summed E-state index contributed by atoms with van der Waals surface area (Å²) in [5.41, 5.74) is 0. The fourth-order valence-corrected chi connectivity index (χ4v) is 2.03. The number of nitrogens with one attached hydrogen (secondary N) is 1. The van der Waals surface area contributed by atoms with Gasteiger partial charge in [-0.05, 0) is 35.3 Å². The highest BCUT2D eigenvalue weighted by molar-refractivity contribution is 9.10. The van der Waals surface area contributed by atoms with E-state index in [2.05, 4.69) is 36.1 Å². The third-order valence-electron chi connectivity index (χ3n) is 2.60. The van der Waals surface area contributed by atoms with Crippen molar-refractivity contribution in [1.29, 1.82) is 0 Å². The van der Waals surface area contributed by atoms with Crippen LogP contribution in [0.15, 0.2) is 16.9 Å². The van der Waals surface area contributed by atoms with Gasteiger partial charge in [0, 0.05) is 32.0 Å². The largest absolute Gasteiger partial charge is 0.342 e. The van der Waals surface area contributed by atoms with Gasteiger partial charge in [-0.1, -0.05) is 0 Å². The van der Waals surface area contributed by atoms with Gasteiger partial charge in [-0.3, -0.25) is 0 Å².